The first-order valence-electron chi connectivity index (χ1n) is 9.52. The van der Waals surface area contributed by atoms with Crippen LogP contribution < -0.4 is 4.74 Å². The maximum atomic E-state index is 14.0. The lowest BCUT2D eigenvalue weighted by atomic mass is 10.0. The fourth-order valence-corrected chi connectivity index (χ4v) is 3.65. The van der Waals surface area contributed by atoms with Crippen LogP contribution in [0.5, 0.6) is 5.75 Å². The van der Waals surface area contributed by atoms with Crippen molar-refractivity contribution >= 4 is 16.9 Å². The Morgan fingerprint density at radius 2 is 1.97 bits per heavy atom. The molecule has 0 aliphatic carbocycles. The maximum absolute atomic E-state index is 14.0. The smallest absolute Gasteiger partial charge is 0.258 e. The van der Waals surface area contributed by atoms with E-state index in [1.165, 1.54) is 4.90 Å². The molecule has 1 amide bonds. The van der Waals surface area contributed by atoms with Crippen LogP contribution in [-0.4, -0.2) is 33.9 Å². The quantitative estimate of drug-likeness (QED) is 0.544. The Labute approximate surface area is 170 Å². The highest BCUT2D eigenvalue weighted by molar-refractivity contribution is 5.98. The van der Waals surface area contributed by atoms with Crippen molar-refractivity contribution in [2.24, 2.45) is 0 Å². The summed E-state index contributed by atoms with van der Waals surface area (Å²) in [5, 5.41) is 0.989. The first-order valence-corrected chi connectivity index (χ1v) is 9.52. The number of rotatable bonds is 3. The molecule has 5 nitrogen and oxygen atoms in total. The van der Waals surface area contributed by atoms with Crippen molar-refractivity contribution in [2.45, 2.75) is 6.54 Å². The molecule has 1 aliphatic heterocycles. The Morgan fingerprint density at radius 3 is 2.87 bits per heavy atom. The summed E-state index contributed by atoms with van der Waals surface area (Å²) in [4.78, 5) is 22.0. The number of nitrogens with one attached hydrogen (secondary N) is 1. The van der Waals surface area contributed by atoms with Crippen LogP contribution in [0, 0.1) is 11.6 Å². The molecule has 150 valence electrons. The van der Waals surface area contributed by atoms with Gasteiger partial charge in [-0.05, 0) is 48.0 Å². The van der Waals surface area contributed by atoms with E-state index in [2.05, 4.69) is 9.97 Å². The summed E-state index contributed by atoms with van der Waals surface area (Å²) in [6.07, 6.45) is 3.59. The number of nitrogens with zero attached hydrogens (tertiary/aromatic N) is 2. The standard InChI is InChI=1S/C23H17F2N3O2/c24-18-2-4-20(25)17(10-18)13-28-7-8-30-21-11-14(1-3-19(21)23(28)29)16-9-15-5-6-26-22(15)27-12-16/h1-6,9-12H,7-8,13H2,(H,26,27). The van der Waals surface area contributed by atoms with E-state index in [1.54, 1.807) is 12.3 Å². The number of aromatic amines is 1. The fraction of sp³-hybridized carbons (Fsp3) is 0.130. The molecule has 0 unspecified atom stereocenters. The molecule has 2 aromatic heterocycles. The number of halogens is 2. The van der Waals surface area contributed by atoms with Crippen LogP contribution in [0.15, 0.2) is 60.9 Å². The van der Waals surface area contributed by atoms with Gasteiger partial charge in [0, 0.05) is 35.5 Å². The predicted octanol–water partition coefficient (Wildman–Crippen LogP) is 4.54. The number of H-pyrrole nitrogens is 1. The second kappa shape index (κ2) is 7.26. The van der Waals surface area contributed by atoms with E-state index in [0.717, 1.165) is 40.4 Å². The number of aromatic nitrogens is 2. The van der Waals surface area contributed by atoms with Crippen molar-refractivity contribution < 1.29 is 18.3 Å². The number of carbonyl (C=O) groups is 1. The predicted molar refractivity (Wildman–Crippen MR) is 108 cm³/mol. The van der Waals surface area contributed by atoms with E-state index >= 15 is 0 Å². The molecule has 0 saturated carbocycles. The summed E-state index contributed by atoms with van der Waals surface area (Å²) in [6, 6.07) is 12.5. The van der Waals surface area contributed by atoms with Crippen molar-refractivity contribution in [1.82, 2.24) is 14.9 Å². The number of ether oxygens (including phenoxy) is 1. The van der Waals surface area contributed by atoms with Crippen LogP contribution in [0.1, 0.15) is 15.9 Å². The number of amides is 1. The van der Waals surface area contributed by atoms with Gasteiger partial charge in [0.25, 0.3) is 5.91 Å². The lowest BCUT2D eigenvalue weighted by Gasteiger charge is -2.20. The van der Waals surface area contributed by atoms with Crippen LogP contribution in [0.3, 0.4) is 0 Å². The van der Waals surface area contributed by atoms with Gasteiger partial charge in [-0.3, -0.25) is 4.79 Å². The summed E-state index contributed by atoms with van der Waals surface area (Å²) in [6.45, 7) is 0.505. The van der Waals surface area contributed by atoms with Crippen molar-refractivity contribution in [1.29, 1.82) is 0 Å². The van der Waals surface area contributed by atoms with E-state index < -0.39 is 11.6 Å². The minimum absolute atomic E-state index is 0.0267. The molecule has 3 heterocycles. The van der Waals surface area contributed by atoms with Crippen LogP contribution in [-0.2, 0) is 6.54 Å². The normalized spacial score (nSPS) is 13.8. The average molecular weight is 405 g/mol. The van der Waals surface area contributed by atoms with Gasteiger partial charge in [-0.1, -0.05) is 6.07 Å². The molecule has 30 heavy (non-hydrogen) atoms. The van der Waals surface area contributed by atoms with Gasteiger partial charge in [0.05, 0.1) is 12.1 Å². The molecule has 5 rings (SSSR count). The number of pyridine rings is 1. The number of hydrogen-bond donors (Lipinski definition) is 1. The zero-order chi connectivity index (χ0) is 20.7. The van der Waals surface area contributed by atoms with E-state index in [9.17, 15) is 13.6 Å². The van der Waals surface area contributed by atoms with Crippen molar-refractivity contribution in [3.05, 3.63) is 83.7 Å². The summed E-state index contributed by atoms with van der Waals surface area (Å²) in [5.74, 6) is -0.897. The molecule has 4 aromatic rings. The Morgan fingerprint density at radius 1 is 1.07 bits per heavy atom. The molecular weight excluding hydrogens is 388 g/mol. The minimum Gasteiger partial charge on any atom is -0.491 e. The fourth-order valence-electron chi connectivity index (χ4n) is 3.65. The molecule has 1 aliphatic rings. The van der Waals surface area contributed by atoms with Gasteiger partial charge in [0.15, 0.2) is 0 Å². The van der Waals surface area contributed by atoms with E-state index in [4.69, 9.17) is 4.74 Å². The molecule has 0 saturated heterocycles. The summed E-state index contributed by atoms with van der Waals surface area (Å²) in [7, 11) is 0. The van der Waals surface area contributed by atoms with E-state index in [1.807, 2.05) is 30.5 Å². The molecular formula is C23H17F2N3O2. The van der Waals surface area contributed by atoms with Gasteiger partial charge in [-0.2, -0.15) is 0 Å². The Bertz CT molecular complexity index is 1270. The number of carbonyl (C=O) groups excluding carboxylic acids is 1. The lowest BCUT2D eigenvalue weighted by molar-refractivity contribution is 0.0741. The molecule has 2 aromatic carbocycles. The average Bonchev–Trinajstić information content (AvgIpc) is 3.17. The third-order valence-electron chi connectivity index (χ3n) is 5.22. The number of benzene rings is 2. The zero-order valence-electron chi connectivity index (χ0n) is 15.9. The summed E-state index contributed by atoms with van der Waals surface area (Å²) < 4.78 is 33.4. The first kappa shape index (κ1) is 18.3. The molecule has 0 bridgehead atoms. The molecule has 1 N–H and O–H groups in total. The van der Waals surface area contributed by atoms with Crippen molar-refractivity contribution in [3.63, 3.8) is 0 Å². The largest absolute Gasteiger partial charge is 0.491 e. The number of fused-ring (bicyclic) bond motifs is 2. The highest BCUT2D eigenvalue weighted by Crippen LogP contribution is 2.31. The topological polar surface area (TPSA) is 58.2 Å². The minimum atomic E-state index is -0.544. The van der Waals surface area contributed by atoms with E-state index in [0.29, 0.717) is 11.3 Å². The highest BCUT2D eigenvalue weighted by atomic mass is 19.1. The molecule has 0 atom stereocenters. The van der Waals surface area contributed by atoms with Crippen molar-refractivity contribution in [3.8, 4) is 16.9 Å². The monoisotopic (exact) mass is 405 g/mol. The van der Waals surface area contributed by atoms with E-state index in [-0.39, 0.29) is 31.2 Å². The van der Waals surface area contributed by atoms with Crippen LogP contribution in [0.4, 0.5) is 8.78 Å². The maximum Gasteiger partial charge on any atom is 0.258 e. The van der Waals surface area contributed by atoms with Gasteiger partial charge in [-0.25, -0.2) is 13.8 Å². The first-order chi connectivity index (χ1) is 14.6. The second-order valence-corrected chi connectivity index (χ2v) is 7.16. The summed E-state index contributed by atoms with van der Waals surface area (Å²) in [5.41, 5.74) is 3.11. The third kappa shape index (κ3) is 3.28. The van der Waals surface area contributed by atoms with Gasteiger partial charge < -0.3 is 14.6 Å². The Balaban J connectivity index is 1.45. The lowest BCUT2D eigenvalue weighted by Crippen LogP contribution is -2.32. The van der Waals surface area contributed by atoms with Gasteiger partial charge in [0.1, 0.15) is 29.6 Å². The summed E-state index contributed by atoms with van der Waals surface area (Å²) >= 11 is 0. The highest BCUT2D eigenvalue weighted by Gasteiger charge is 2.25. The molecule has 7 heteroatoms. The molecule has 0 fully saturated rings. The number of hydrogen-bond acceptors (Lipinski definition) is 3. The van der Waals surface area contributed by atoms with Gasteiger partial charge in [0.2, 0.25) is 0 Å². The third-order valence-corrected chi connectivity index (χ3v) is 5.22. The van der Waals surface area contributed by atoms with Crippen LogP contribution in [0.2, 0.25) is 0 Å². The zero-order valence-corrected chi connectivity index (χ0v) is 15.9. The molecule has 0 radical (unpaired) electrons. The Hall–Kier alpha value is -3.74. The van der Waals surface area contributed by atoms with Crippen LogP contribution in [0.25, 0.3) is 22.2 Å². The second-order valence-electron chi connectivity index (χ2n) is 7.16. The van der Waals surface area contributed by atoms with Gasteiger partial charge >= 0.3 is 0 Å². The molecule has 0 spiro atoms. The van der Waals surface area contributed by atoms with Gasteiger partial charge in [-0.15, -0.1) is 0 Å². The van der Waals surface area contributed by atoms with Crippen LogP contribution >= 0.6 is 0 Å². The van der Waals surface area contributed by atoms with Crippen molar-refractivity contribution in [2.75, 3.05) is 13.2 Å². The Kier molecular flexibility index (Phi) is 4.43. The SMILES string of the molecule is O=C1c2ccc(-c3cnc4[nH]ccc4c3)cc2OCCN1Cc1cc(F)ccc1F.